The largest absolute Gasteiger partial charge is 0.396 e. The average molecular weight is 377 g/mol. The zero-order chi connectivity index (χ0) is 18.4. The van der Waals surface area contributed by atoms with Crippen LogP contribution in [0.4, 0.5) is 10.6 Å². The minimum Gasteiger partial charge on any atom is -0.396 e. The summed E-state index contributed by atoms with van der Waals surface area (Å²) in [4.78, 5) is 12.3. The first-order valence-corrected chi connectivity index (χ1v) is 10.3. The lowest BCUT2D eigenvalue weighted by Crippen LogP contribution is -2.35. The lowest BCUT2D eigenvalue weighted by Gasteiger charge is -2.24. The van der Waals surface area contributed by atoms with Gasteiger partial charge in [0, 0.05) is 25.1 Å². The van der Waals surface area contributed by atoms with E-state index in [1.165, 1.54) is 24.8 Å². The molecule has 3 rings (SSSR count). The maximum atomic E-state index is 12.3. The number of aromatic nitrogens is 2. The van der Waals surface area contributed by atoms with Crippen molar-refractivity contribution in [2.24, 2.45) is 5.92 Å². The summed E-state index contributed by atoms with van der Waals surface area (Å²) in [6, 6.07) is 4.10. The summed E-state index contributed by atoms with van der Waals surface area (Å²) in [6.45, 7) is 2.44. The summed E-state index contributed by atoms with van der Waals surface area (Å²) in [7, 11) is 0. The van der Waals surface area contributed by atoms with Gasteiger partial charge >= 0.3 is 6.03 Å². The fourth-order valence-corrected chi connectivity index (χ4v) is 4.24. The first kappa shape index (κ1) is 18.9. The van der Waals surface area contributed by atoms with Crippen molar-refractivity contribution in [2.45, 2.75) is 51.5 Å². The molecule has 1 atom stereocenters. The van der Waals surface area contributed by atoms with E-state index in [0.29, 0.717) is 12.6 Å². The van der Waals surface area contributed by atoms with E-state index in [0.717, 1.165) is 30.8 Å². The minimum absolute atomic E-state index is 0.0142. The second-order valence-electron chi connectivity index (χ2n) is 7.13. The number of aliphatic hydroxyl groups is 1. The average Bonchev–Trinajstić information content (AvgIpc) is 3.29. The van der Waals surface area contributed by atoms with Crippen LogP contribution in [0.2, 0.25) is 0 Å². The van der Waals surface area contributed by atoms with Gasteiger partial charge in [-0.25, -0.2) is 9.48 Å². The van der Waals surface area contributed by atoms with E-state index < -0.39 is 0 Å². The van der Waals surface area contributed by atoms with E-state index >= 15 is 0 Å². The standard InChI is InChI=1S/C19H28N4O2S/c1-14-9-18(23(22-14)17-5-3-2-4-6-17)21-19(25)20-11-16(12-24)10-15-7-8-26-13-15/h7-9,13,16-17,24H,2-6,10-12H2,1H3,(H2,20,21,25). The molecule has 2 aromatic heterocycles. The number of hydrogen-bond acceptors (Lipinski definition) is 4. The Morgan fingerprint density at radius 2 is 2.23 bits per heavy atom. The van der Waals surface area contributed by atoms with E-state index in [4.69, 9.17) is 0 Å². The number of rotatable bonds is 7. The molecule has 2 amide bonds. The van der Waals surface area contributed by atoms with Gasteiger partial charge < -0.3 is 10.4 Å². The number of hydrogen-bond donors (Lipinski definition) is 3. The molecule has 6 nitrogen and oxygen atoms in total. The molecular weight excluding hydrogens is 348 g/mol. The SMILES string of the molecule is Cc1cc(NC(=O)NCC(CO)Cc2ccsc2)n(C2CCCCC2)n1. The van der Waals surface area contributed by atoms with Crippen molar-refractivity contribution in [1.29, 1.82) is 0 Å². The van der Waals surface area contributed by atoms with Crippen molar-refractivity contribution in [3.05, 3.63) is 34.2 Å². The van der Waals surface area contributed by atoms with Crippen molar-refractivity contribution in [3.63, 3.8) is 0 Å². The summed E-state index contributed by atoms with van der Waals surface area (Å²) < 4.78 is 1.98. The van der Waals surface area contributed by atoms with Crippen LogP contribution in [0, 0.1) is 12.8 Å². The van der Waals surface area contributed by atoms with Crippen LogP contribution in [0.5, 0.6) is 0 Å². The second-order valence-corrected chi connectivity index (χ2v) is 7.91. The van der Waals surface area contributed by atoms with Crippen molar-refractivity contribution in [3.8, 4) is 0 Å². The second kappa shape index (κ2) is 9.19. The van der Waals surface area contributed by atoms with E-state index in [1.54, 1.807) is 11.3 Å². The molecule has 0 radical (unpaired) electrons. The Hall–Kier alpha value is -1.86. The van der Waals surface area contributed by atoms with Crippen LogP contribution in [0.15, 0.2) is 22.9 Å². The first-order valence-electron chi connectivity index (χ1n) is 9.38. The normalized spacial score (nSPS) is 16.4. The van der Waals surface area contributed by atoms with E-state index in [2.05, 4.69) is 27.2 Å². The molecule has 26 heavy (non-hydrogen) atoms. The van der Waals surface area contributed by atoms with Gasteiger partial charge in [-0.1, -0.05) is 19.3 Å². The van der Waals surface area contributed by atoms with Crippen LogP contribution >= 0.6 is 11.3 Å². The van der Waals surface area contributed by atoms with Crippen molar-refractivity contribution >= 4 is 23.2 Å². The molecule has 2 aromatic rings. The van der Waals surface area contributed by atoms with E-state index in [-0.39, 0.29) is 18.6 Å². The number of nitrogens with zero attached hydrogens (tertiary/aromatic N) is 2. The highest BCUT2D eigenvalue weighted by molar-refractivity contribution is 7.07. The number of carbonyl (C=O) groups is 1. The fourth-order valence-electron chi connectivity index (χ4n) is 3.55. The maximum absolute atomic E-state index is 12.3. The highest BCUT2D eigenvalue weighted by Crippen LogP contribution is 2.30. The van der Waals surface area contributed by atoms with Gasteiger partial charge in [0.05, 0.1) is 11.7 Å². The molecular formula is C19H28N4O2S. The molecule has 0 bridgehead atoms. The number of amides is 2. The molecule has 0 saturated heterocycles. The Labute approximate surface area is 158 Å². The molecule has 1 unspecified atom stereocenters. The quantitative estimate of drug-likeness (QED) is 0.689. The summed E-state index contributed by atoms with van der Waals surface area (Å²) in [5.41, 5.74) is 2.11. The fraction of sp³-hybridized carbons (Fsp3) is 0.579. The van der Waals surface area contributed by atoms with Crippen LogP contribution in [0.3, 0.4) is 0 Å². The van der Waals surface area contributed by atoms with Crippen LogP contribution in [-0.2, 0) is 6.42 Å². The van der Waals surface area contributed by atoms with Crippen LogP contribution in [0.25, 0.3) is 0 Å². The molecule has 1 fully saturated rings. The predicted octanol–water partition coefficient (Wildman–Crippen LogP) is 3.73. The zero-order valence-electron chi connectivity index (χ0n) is 15.3. The lowest BCUT2D eigenvalue weighted by molar-refractivity contribution is 0.218. The van der Waals surface area contributed by atoms with Gasteiger partial charge in [0.1, 0.15) is 5.82 Å². The highest BCUT2D eigenvalue weighted by atomic mass is 32.1. The molecule has 2 heterocycles. The summed E-state index contributed by atoms with van der Waals surface area (Å²) in [5, 5.41) is 24.1. The van der Waals surface area contributed by atoms with Crippen LogP contribution in [0.1, 0.15) is 49.4 Å². The number of nitrogens with one attached hydrogen (secondary N) is 2. The monoisotopic (exact) mass is 376 g/mol. The Kier molecular flexibility index (Phi) is 6.68. The van der Waals surface area contributed by atoms with Gasteiger partial charge in [-0.15, -0.1) is 0 Å². The highest BCUT2D eigenvalue weighted by Gasteiger charge is 2.20. The number of aryl methyl sites for hydroxylation is 1. The molecule has 0 aromatic carbocycles. The van der Waals surface area contributed by atoms with Gasteiger partial charge in [0.25, 0.3) is 0 Å². The molecule has 7 heteroatoms. The summed E-state index contributed by atoms with van der Waals surface area (Å²) in [6.07, 6.45) is 6.72. The topological polar surface area (TPSA) is 79.2 Å². The molecule has 1 saturated carbocycles. The predicted molar refractivity (Wildman–Crippen MR) is 105 cm³/mol. The Bertz CT molecular complexity index is 692. The molecule has 142 valence electrons. The number of anilines is 1. The zero-order valence-corrected chi connectivity index (χ0v) is 16.1. The van der Waals surface area contributed by atoms with Crippen LogP contribution < -0.4 is 10.6 Å². The van der Waals surface area contributed by atoms with Crippen molar-refractivity contribution in [2.75, 3.05) is 18.5 Å². The van der Waals surface area contributed by atoms with Gasteiger partial charge in [0.15, 0.2) is 0 Å². The molecule has 1 aliphatic carbocycles. The summed E-state index contributed by atoms with van der Waals surface area (Å²) >= 11 is 1.64. The van der Waals surface area contributed by atoms with E-state index in [1.807, 2.05) is 23.1 Å². The molecule has 3 N–H and O–H groups in total. The number of aliphatic hydroxyl groups excluding tert-OH is 1. The minimum atomic E-state index is -0.245. The third kappa shape index (κ3) is 5.08. The van der Waals surface area contributed by atoms with E-state index in [9.17, 15) is 9.90 Å². The number of carbonyl (C=O) groups excluding carboxylic acids is 1. The lowest BCUT2D eigenvalue weighted by atomic mass is 9.96. The third-order valence-corrected chi connectivity index (χ3v) is 5.67. The number of urea groups is 1. The maximum Gasteiger partial charge on any atom is 0.320 e. The van der Waals surface area contributed by atoms with Crippen molar-refractivity contribution in [1.82, 2.24) is 15.1 Å². The summed E-state index contributed by atoms with van der Waals surface area (Å²) in [5.74, 6) is 0.769. The smallest absolute Gasteiger partial charge is 0.320 e. The van der Waals surface area contributed by atoms with Gasteiger partial charge in [-0.2, -0.15) is 16.4 Å². The third-order valence-electron chi connectivity index (χ3n) is 4.93. The molecule has 0 aliphatic heterocycles. The molecule has 1 aliphatic rings. The van der Waals surface area contributed by atoms with Crippen LogP contribution in [-0.4, -0.2) is 34.1 Å². The Morgan fingerprint density at radius 3 is 2.92 bits per heavy atom. The Balaban J connectivity index is 1.54. The van der Waals surface area contributed by atoms with Gasteiger partial charge in [0.2, 0.25) is 0 Å². The van der Waals surface area contributed by atoms with Gasteiger partial charge in [-0.05, 0) is 48.6 Å². The van der Waals surface area contributed by atoms with Gasteiger partial charge in [-0.3, -0.25) is 5.32 Å². The molecule has 0 spiro atoms. The van der Waals surface area contributed by atoms with Crippen molar-refractivity contribution < 1.29 is 9.90 Å². The number of thiophene rings is 1. The first-order chi connectivity index (χ1) is 12.7. The Morgan fingerprint density at radius 1 is 1.42 bits per heavy atom.